The summed E-state index contributed by atoms with van der Waals surface area (Å²) in [7, 11) is 0. The number of non-ortho nitro benzene ring substituents is 1. The highest BCUT2D eigenvalue weighted by Gasteiger charge is 2.13. The van der Waals surface area contributed by atoms with Gasteiger partial charge >= 0.3 is 0 Å². The minimum absolute atomic E-state index is 0.0476. The third-order valence-electron chi connectivity index (χ3n) is 3.89. The van der Waals surface area contributed by atoms with Crippen molar-refractivity contribution < 1.29 is 9.72 Å². The van der Waals surface area contributed by atoms with Gasteiger partial charge in [0.15, 0.2) is 5.16 Å². The van der Waals surface area contributed by atoms with Crippen LogP contribution in [-0.4, -0.2) is 27.1 Å². The number of carbonyl (C=O) groups excluding carboxylic acids is 1. The molecule has 0 radical (unpaired) electrons. The molecule has 7 nitrogen and oxygen atoms in total. The second-order valence-corrected chi connectivity index (χ2v) is 6.44. The summed E-state index contributed by atoms with van der Waals surface area (Å²) in [4.78, 5) is 31.4. The van der Waals surface area contributed by atoms with E-state index in [2.05, 4.69) is 15.3 Å². The maximum Gasteiger partial charge on any atom is 0.271 e. The molecule has 2 rings (SSSR count). The lowest BCUT2D eigenvalue weighted by molar-refractivity contribution is -0.384. The average molecular weight is 360 g/mol. The van der Waals surface area contributed by atoms with Crippen molar-refractivity contribution in [1.82, 2.24) is 9.97 Å². The Balaban J connectivity index is 2.07. The molecule has 0 aliphatic rings. The standard InChI is InChI=1S/C17H20N4O3S/c1-10-5-6-13(21(23)24)9-15(10)20-16(22)8-7-14-11(2)18-17(25-4)19-12(14)3/h5-6,9H,7-8H2,1-4H3,(H,20,22). The van der Waals surface area contributed by atoms with Crippen molar-refractivity contribution in [2.75, 3.05) is 11.6 Å². The summed E-state index contributed by atoms with van der Waals surface area (Å²) in [5.41, 5.74) is 3.89. The Morgan fingerprint density at radius 1 is 1.24 bits per heavy atom. The number of nitrogens with zero attached hydrogens (tertiary/aromatic N) is 3. The quantitative estimate of drug-likeness (QED) is 0.366. The third kappa shape index (κ3) is 4.76. The molecule has 0 unspecified atom stereocenters. The third-order valence-corrected chi connectivity index (χ3v) is 4.44. The number of carbonyl (C=O) groups is 1. The molecule has 0 atom stereocenters. The summed E-state index contributed by atoms with van der Waals surface area (Å²) in [5, 5.41) is 14.3. The van der Waals surface area contributed by atoms with Gasteiger partial charge < -0.3 is 5.32 Å². The Hall–Kier alpha value is -2.48. The monoisotopic (exact) mass is 360 g/mol. The average Bonchev–Trinajstić information content (AvgIpc) is 2.55. The highest BCUT2D eigenvalue weighted by atomic mass is 32.2. The van der Waals surface area contributed by atoms with Gasteiger partial charge in [0.05, 0.1) is 10.6 Å². The van der Waals surface area contributed by atoms with Crippen LogP contribution in [-0.2, 0) is 11.2 Å². The molecule has 25 heavy (non-hydrogen) atoms. The van der Waals surface area contributed by atoms with Crippen LogP contribution >= 0.6 is 11.8 Å². The van der Waals surface area contributed by atoms with Crippen LogP contribution in [0.1, 0.15) is 28.9 Å². The van der Waals surface area contributed by atoms with Gasteiger partial charge in [-0.05, 0) is 44.6 Å². The van der Waals surface area contributed by atoms with Crippen LogP contribution < -0.4 is 5.32 Å². The number of aromatic nitrogens is 2. The molecule has 1 aromatic heterocycles. The summed E-state index contributed by atoms with van der Waals surface area (Å²) in [6.45, 7) is 5.61. The van der Waals surface area contributed by atoms with Crippen LogP contribution in [0.4, 0.5) is 11.4 Å². The Morgan fingerprint density at radius 2 is 1.88 bits per heavy atom. The van der Waals surface area contributed by atoms with Gasteiger partial charge in [-0.1, -0.05) is 17.8 Å². The lowest BCUT2D eigenvalue weighted by atomic mass is 10.1. The molecule has 2 aromatic rings. The first kappa shape index (κ1) is 18.9. The molecule has 1 N–H and O–H groups in total. The first-order valence-electron chi connectivity index (χ1n) is 7.74. The van der Waals surface area contributed by atoms with Crippen molar-refractivity contribution in [2.24, 2.45) is 0 Å². The number of nitro groups is 1. The SMILES string of the molecule is CSc1nc(C)c(CCC(=O)Nc2cc([N+](=O)[O-])ccc2C)c(C)n1. The van der Waals surface area contributed by atoms with E-state index in [1.54, 1.807) is 13.0 Å². The minimum Gasteiger partial charge on any atom is -0.326 e. The topological polar surface area (TPSA) is 98.0 Å². The molecular formula is C17H20N4O3S. The Kier molecular flexibility index (Phi) is 6.08. The van der Waals surface area contributed by atoms with E-state index in [-0.39, 0.29) is 18.0 Å². The number of nitrogens with one attached hydrogen (secondary N) is 1. The van der Waals surface area contributed by atoms with Crippen molar-refractivity contribution in [1.29, 1.82) is 0 Å². The number of thioether (sulfide) groups is 1. The number of hydrogen-bond donors (Lipinski definition) is 1. The number of aryl methyl sites for hydroxylation is 3. The number of nitro benzene ring substituents is 1. The molecule has 0 saturated carbocycles. The number of anilines is 1. The van der Waals surface area contributed by atoms with Gasteiger partial charge in [-0.15, -0.1) is 0 Å². The Morgan fingerprint density at radius 3 is 2.44 bits per heavy atom. The predicted octanol–water partition coefficient (Wildman–Crippen LogP) is 3.60. The molecular weight excluding hydrogens is 340 g/mol. The first-order chi connectivity index (χ1) is 11.8. The van der Waals surface area contributed by atoms with E-state index in [0.29, 0.717) is 12.1 Å². The zero-order valence-electron chi connectivity index (χ0n) is 14.6. The van der Waals surface area contributed by atoms with E-state index < -0.39 is 4.92 Å². The van der Waals surface area contributed by atoms with Crippen LogP contribution in [0.15, 0.2) is 23.4 Å². The van der Waals surface area contributed by atoms with Crippen LogP contribution in [0.2, 0.25) is 0 Å². The Bertz CT molecular complexity index is 801. The summed E-state index contributed by atoms with van der Waals surface area (Å²) in [6, 6.07) is 4.42. The highest BCUT2D eigenvalue weighted by molar-refractivity contribution is 7.98. The summed E-state index contributed by atoms with van der Waals surface area (Å²) >= 11 is 1.48. The van der Waals surface area contributed by atoms with Gasteiger partial charge in [0, 0.05) is 29.9 Å². The van der Waals surface area contributed by atoms with Crippen molar-refractivity contribution >= 4 is 29.0 Å². The van der Waals surface area contributed by atoms with Crippen molar-refractivity contribution in [3.63, 3.8) is 0 Å². The molecule has 132 valence electrons. The molecule has 1 amide bonds. The van der Waals surface area contributed by atoms with Gasteiger partial charge in [0.25, 0.3) is 5.69 Å². The lowest BCUT2D eigenvalue weighted by Crippen LogP contribution is -2.14. The predicted molar refractivity (Wildman–Crippen MR) is 98.1 cm³/mol. The fourth-order valence-electron chi connectivity index (χ4n) is 2.47. The molecule has 0 fully saturated rings. The van der Waals surface area contributed by atoms with E-state index in [1.807, 2.05) is 20.1 Å². The minimum atomic E-state index is -0.480. The van der Waals surface area contributed by atoms with E-state index in [9.17, 15) is 14.9 Å². The maximum absolute atomic E-state index is 12.2. The van der Waals surface area contributed by atoms with Crippen LogP contribution in [0.3, 0.4) is 0 Å². The molecule has 8 heteroatoms. The van der Waals surface area contributed by atoms with E-state index in [4.69, 9.17) is 0 Å². The fraction of sp³-hybridized carbons (Fsp3) is 0.353. The Labute approximate surface area is 150 Å². The zero-order chi connectivity index (χ0) is 18.6. The number of amides is 1. The van der Waals surface area contributed by atoms with E-state index >= 15 is 0 Å². The molecule has 0 bridgehead atoms. The summed E-state index contributed by atoms with van der Waals surface area (Å²) in [5.74, 6) is -0.198. The van der Waals surface area contributed by atoms with Crippen molar-refractivity contribution in [3.8, 4) is 0 Å². The van der Waals surface area contributed by atoms with Crippen LogP contribution in [0.5, 0.6) is 0 Å². The summed E-state index contributed by atoms with van der Waals surface area (Å²) in [6.07, 6.45) is 2.70. The van der Waals surface area contributed by atoms with Crippen LogP contribution in [0.25, 0.3) is 0 Å². The summed E-state index contributed by atoms with van der Waals surface area (Å²) < 4.78 is 0. The smallest absolute Gasteiger partial charge is 0.271 e. The fourth-order valence-corrected chi connectivity index (χ4v) is 2.93. The lowest BCUT2D eigenvalue weighted by Gasteiger charge is -2.11. The molecule has 0 spiro atoms. The first-order valence-corrected chi connectivity index (χ1v) is 8.97. The maximum atomic E-state index is 12.2. The normalized spacial score (nSPS) is 10.6. The number of hydrogen-bond acceptors (Lipinski definition) is 6. The van der Waals surface area contributed by atoms with Gasteiger partial charge in [-0.25, -0.2) is 9.97 Å². The number of rotatable bonds is 6. The van der Waals surface area contributed by atoms with Gasteiger partial charge in [0.1, 0.15) is 0 Å². The largest absolute Gasteiger partial charge is 0.326 e. The molecule has 0 aliphatic carbocycles. The molecule has 1 heterocycles. The molecule has 0 saturated heterocycles. The molecule has 1 aromatic carbocycles. The van der Waals surface area contributed by atoms with Crippen molar-refractivity contribution in [2.45, 2.75) is 38.8 Å². The van der Waals surface area contributed by atoms with E-state index in [0.717, 1.165) is 27.7 Å². The molecule has 0 aliphatic heterocycles. The second kappa shape index (κ2) is 8.06. The van der Waals surface area contributed by atoms with Gasteiger partial charge in [0.2, 0.25) is 5.91 Å². The van der Waals surface area contributed by atoms with Crippen LogP contribution in [0, 0.1) is 30.9 Å². The van der Waals surface area contributed by atoms with Crippen molar-refractivity contribution in [3.05, 3.63) is 50.8 Å². The zero-order valence-corrected chi connectivity index (χ0v) is 15.4. The number of benzene rings is 1. The van der Waals surface area contributed by atoms with E-state index in [1.165, 1.54) is 23.9 Å². The highest BCUT2D eigenvalue weighted by Crippen LogP contribution is 2.22. The second-order valence-electron chi connectivity index (χ2n) is 5.66. The van der Waals surface area contributed by atoms with Gasteiger partial charge in [-0.3, -0.25) is 14.9 Å². The van der Waals surface area contributed by atoms with Gasteiger partial charge in [-0.2, -0.15) is 0 Å².